The molecule has 6 heteroatoms. The number of aryl methyl sites for hydroxylation is 2. The van der Waals surface area contributed by atoms with Crippen LogP contribution in [0.15, 0.2) is 24.4 Å². The summed E-state index contributed by atoms with van der Waals surface area (Å²) in [6.45, 7) is 1.64. The number of carbonyl (C=O) groups is 2. The highest BCUT2D eigenvalue weighted by molar-refractivity contribution is 5.81. The fourth-order valence-corrected chi connectivity index (χ4v) is 2.17. The van der Waals surface area contributed by atoms with E-state index in [0.29, 0.717) is 6.42 Å². The van der Waals surface area contributed by atoms with Crippen LogP contribution in [0.25, 0.3) is 5.65 Å². The van der Waals surface area contributed by atoms with E-state index < -0.39 is 5.97 Å². The van der Waals surface area contributed by atoms with Gasteiger partial charge < -0.3 is 14.4 Å². The van der Waals surface area contributed by atoms with Crippen molar-refractivity contribution in [3.63, 3.8) is 0 Å². The maximum Gasteiger partial charge on any atom is 0.323 e. The maximum absolute atomic E-state index is 11.9. The molecule has 0 saturated carbocycles. The van der Waals surface area contributed by atoms with E-state index in [0.717, 1.165) is 17.0 Å². The highest BCUT2D eigenvalue weighted by atomic mass is 16.4. The van der Waals surface area contributed by atoms with E-state index in [4.69, 9.17) is 5.11 Å². The Morgan fingerprint density at radius 2 is 2.15 bits per heavy atom. The monoisotopic (exact) mass is 275 g/mol. The lowest BCUT2D eigenvalue weighted by Gasteiger charge is -2.14. The third-order valence-electron chi connectivity index (χ3n) is 3.20. The molecule has 2 aromatic rings. The minimum Gasteiger partial charge on any atom is -0.480 e. The number of carboxylic acid groups (broad SMARTS) is 1. The second kappa shape index (κ2) is 5.73. The van der Waals surface area contributed by atoms with Crippen LogP contribution in [0.2, 0.25) is 0 Å². The van der Waals surface area contributed by atoms with Crippen molar-refractivity contribution in [1.82, 2.24) is 14.3 Å². The second-order valence-corrected chi connectivity index (χ2v) is 4.72. The molecule has 0 aliphatic heterocycles. The van der Waals surface area contributed by atoms with Crippen LogP contribution in [-0.4, -0.2) is 44.9 Å². The Labute approximate surface area is 116 Å². The lowest BCUT2D eigenvalue weighted by atomic mass is 10.2. The Bertz CT molecular complexity index is 648. The first-order valence-corrected chi connectivity index (χ1v) is 6.37. The van der Waals surface area contributed by atoms with Gasteiger partial charge in [0.25, 0.3) is 0 Å². The number of carboxylic acids is 1. The van der Waals surface area contributed by atoms with Crippen LogP contribution in [-0.2, 0) is 16.0 Å². The zero-order valence-corrected chi connectivity index (χ0v) is 11.5. The number of hydrogen-bond donors (Lipinski definition) is 1. The first-order valence-electron chi connectivity index (χ1n) is 6.37. The number of amides is 1. The Morgan fingerprint density at radius 1 is 1.40 bits per heavy atom. The number of pyridine rings is 1. The third kappa shape index (κ3) is 2.96. The molecule has 0 radical (unpaired) electrons. The molecule has 0 atom stereocenters. The minimum absolute atomic E-state index is 0.183. The quantitative estimate of drug-likeness (QED) is 0.887. The van der Waals surface area contributed by atoms with Gasteiger partial charge in [-0.15, -0.1) is 0 Å². The number of likely N-dealkylation sites (N-methyl/N-ethyl adjacent to an activating group) is 1. The third-order valence-corrected chi connectivity index (χ3v) is 3.20. The molecule has 2 aromatic heterocycles. The van der Waals surface area contributed by atoms with Gasteiger partial charge in [-0.25, -0.2) is 4.98 Å². The lowest BCUT2D eigenvalue weighted by molar-refractivity contribution is -0.143. The molecule has 0 aliphatic rings. The molecular weight excluding hydrogens is 258 g/mol. The molecule has 106 valence electrons. The zero-order valence-electron chi connectivity index (χ0n) is 11.5. The summed E-state index contributed by atoms with van der Waals surface area (Å²) in [5.41, 5.74) is 2.73. The van der Waals surface area contributed by atoms with Gasteiger partial charge in [0.05, 0.1) is 5.69 Å². The molecule has 1 amide bonds. The van der Waals surface area contributed by atoms with Gasteiger partial charge in [-0.1, -0.05) is 6.07 Å². The predicted molar refractivity (Wildman–Crippen MR) is 73.5 cm³/mol. The summed E-state index contributed by atoms with van der Waals surface area (Å²) in [6, 6.07) is 5.74. The summed E-state index contributed by atoms with van der Waals surface area (Å²) in [7, 11) is 1.50. The molecule has 0 saturated heterocycles. The Hall–Kier alpha value is -2.37. The van der Waals surface area contributed by atoms with E-state index in [1.165, 1.54) is 11.9 Å². The van der Waals surface area contributed by atoms with Gasteiger partial charge in [-0.3, -0.25) is 9.59 Å². The van der Waals surface area contributed by atoms with Gasteiger partial charge >= 0.3 is 5.97 Å². The predicted octanol–water partition coefficient (Wildman–Crippen LogP) is 1.12. The average molecular weight is 275 g/mol. The zero-order chi connectivity index (χ0) is 14.7. The molecule has 6 nitrogen and oxygen atoms in total. The van der Waals surface area contributed by atoms with Crippen molar-refractivity contribution in [3.8, 4) is 0 Å². The van der Waals surface area contributed by atoms with E-state index in [-0.39, 0.29) is 18.9 Å². The normalized spacial score (nSPS) is 10.7. The standard InChI is InChI=1S/C14H17N3O3/c1-10-11(17-8-4-3-5-12(17)15-10)6-7-13(18)16(2)9-14(19)20/h3-5,8H,6-7,9H2,1-2H3,(H,19,20). The van der Waals surface area contributed by atoms with E-state index in [1.54, 1.807) is 0 Å². The van der Waals surface area contributed by atoms with Crippen LogP contribution in [0.4, 0.5) is 0 Å². The fourth-order valence-electron chi connectivity index (χ4n) is 2.17. The number of carbonyl (C=O) groups excluding carboxylic acids is 1. The summed E-state index contributed by atoms with van der Waals surface area (Å²) >= 11 is 0. The molecule has 0 aliphatic carbocycles. The van der Waals surface area contributed by atoms with E-state index in [1.807, 2.05) is 35.7 Å². The summed E-state index contributed by atoms with van der Waals surface area (Å²) in [4.78, 5) is 28.1. The van der Waals surface area contributed by atoms with E-state index >= 15 is 0 Å². The minimum atomic E-state index is -1.01. The Morgan fingerprint density at radius 3 is 2.85 bits per heavy atom. The van der Waals surface area contributed by atoms with Gasteiger partial charge in [0, 0.05) is 25.4 Å². The Balaban J connectivity index is 2.08. The van der Waals surface area contributed by atoms with Gasteiger partial charge in [-0.2, -0.15) is 0 Å². The molecule has 1 N–H and O–H groups in total. The Kier molecular flexibility index (Phi) is 4.02. The van der Waals surface area contributed by atoms with Crippen molar-refractivity contribution >= 4 is 17.5 Å². The van der Waals surface area contributed by atoms with Crippen LogP contribution in [0.5, 0.6) is 0 Å². The average Bonchev–Trinajstić information content (AvgIpc) is 2.70. The number of nitrogens with zero attached hydrogens (tertiary/aromatic N) is 3. The summed E-state index contributed by atoms with van der Waals surface area (Å²) in [5, 5.41) is 8.66. The summed E-state index contributed by atoms with van der Waals surface area (Å²) < 4.78 is 1.96. The van der Waals surface area contributed by atoms with Crippen molar-refractivity contribution in [2.45, 2.75) is 19.8 Å². The molecule has 0 unspecified atom stereocenters. The molecule has 0 spiro atoms. The number of aliphatic carboxylic acids is 1. The molecular formula is C14H17N3O3. The van der Waals surface area contributed by atoms with Crippen molar-refractivity contribution in [2.24, 2.45) is 0 Å². The van der Waals surface area contributed by atoms with Gasteiger partial charge in [-0.05, 0) is 25.5 Å². The van der Waals surface area contributed by atoms with Crippen LogP contribution >= 0.6 is 0 Å². The van der Waals surface area contributed by atoms with Crippen molar-refractivity contribution < 1.29 is 14.7 Å². The molecule has 2 rings (SSSR count). The lowest BCUT2D eigenvalue weighted by Crippen LogP contribution is -2.32. The smallest absolute Gasteiger partial charge is 0.323 e. The van der Waals surface area contributed by atoms with Crippen molar-refractivity contribution in [3.05, 3.63) is 35.8 Å². The number of hydrogen-bond acceptors (Lipinski definition) is 3. The van der Waals surface area contributed by atoms with Crippen LogP contribution in [0, 0.1) is 6.92 Å². The molecule has 0 bridgehead atoms. The van der Waals surface area contributed by atoms with Crippen LogP contribution in [0.3, 0.4) is 0 Å². The van der Waals surface area contributed by atoms with E-state index in [9.17, 15) is 9.59 Å². The highest BCUT2D eigenvalue weighted by Gasteiger charge is 2.14. The summed E-state index contributed by atoms with van der Waals surface area (Å²) in [5.74, 6) is -1.19. The number of fused-ring (bicyclic) bond motifs is 1. The first-order chi connectivity index (χ1) is 9.49. The van der Waals surface area contributed by atoms with Crippen LogP contribution in [0.1, 0.15) is 17.8 Å². The topological polar surface area (TPSA) is 74.9 Å². The number of aromatic nitrogens is 2. The van der Waals surface area contributed by atoms with Gasteiger partial charge in [0.1, 0.15) is 12.2 Å². The largest absolute Gasteiger partial charge is 0.480 e. The molecule has 0 fully saturated rings. The van der Waals surface area contributed by atoms with Crippen molar-refractivity contribution in [1.29, 1.82) is 0 Å². The fraction of sp³-hybridized carbons (Fsp3) is 0.357. The van der Waals surface area contributed by atoms with Gasteiger partial charge in [0.15, 0.2) is 0 Å². The molecule has 20 heavy (non-hydrogen) atoms. The van der Waals surface area contributed by atoms with Crippen LogP contribution < -0.4 is 0 Å². The highest BCUT2D eigenvalue weighted by Crippen LogP contribution is 2.14. The van der Waals surface area contributed by atoms with Gasteiger partial charge in [0.2, 0.25) is 5.91 Å². The SMILES string of the molecule is Cc1nc2ccccn2c1CCC(=O)N(C)CC(=O)O. The van der Waals surface area contributed by atoms with E-state index in [2.05, 4.69) is 4.98 Å². The van der Waals surface area contributed by atoms with Crippen molar-refractivity contribution in [2.75, 3.05) is 13.6 Å². The molecule has 0 aromatic carbocycles. The first kappa shape index (κ1) is 14.0. The second-order valence-electron chi connectivity index (χ2n) is 4.72. The molecule has 2 heterocycles. The number of imidazole rings is 1. The maximum atomic E-state index is 11.9. The summed E-state index contributed by atoms with van der Waals surface area (Å²) in [6.07, 6.45) is 2.73. The number of rotatable bonds is 5.